The van der Waals surface area contributed by atoms with Crippen LogP contribution < -0.4 is 5.32 Å². The minimum absolute atomic E-state index is 0.0573. The summed E-state index contributed by atoms with van der Waals surface area (Å²) in [5.41, 5.74) is 3.96. The van der Waals surface area contributed by atoms with E-state index in [1.807, 2.05) is 68.4 Å². The summed E-state index contributed by atoms with van der Waals surface area (Å²) >= 11 is 0. The Morgan fingerprint density at radius 3 is 2.48 bits per heavy atom. The number of nitrogens with one attached hydrogen (secondary N) is 1. The molecule has 6 nitrogen and oxygen atoms in total. The lowest BCUT2D eigenvalue weighted by Crippen LogP contribution is -2.45. The van der Waals surface area contributed by atoms with E-state index in [-0.39, 0.29) is 25.0 Å². The number of urea groups is 1. The maximum Gasteiger partial charge on any atom is 0.322 e. The third kappa shape index (κ3) is 7.10. The van der Waals surface area contributed by atoms with Crippen molar-refractivity contribution in [3.63, 3.8) is 0 Å². The third-order valence-corrected chi connectivity index (χ3v) is 5.38. The zero-order valence-corrected chi connectivity index (χ0v) is 19.3. The van der Waals surface area contributed by atoms with Gasteiger partial charge in [0.1, 0.15) is 12.3 Å². The van der Waals surface area contributed by atoms with E-state index in [2.05, 4.69) is 11.9 Å². The fourth-order valence-corrected chi connectivity index (χ4v) is 3.58. The van der Waals surface area contributed by atoms with Gasteiger partial charge < -0.3 is 19.5 Å². The van der Waals surface area contributed by atoms with E-state index in [0.717, 1.165) is 22.4 Å². The van der Waals surface area contributed by atoms with Crippen molar-refractivity contribution in [2.24, 2.45) is 0 Å². The average Bonchev–Trinajstić information content (AvgIpc) is 3.32. The monoisotopic (exact) mass is 445 g/mol. The Labute approximate surface area is 195 Å². The Kier molecular flexibility index (Phi) is 8.47. The third-order valence-electron chi connectivity index (χ3n) is 5.38. The van der Waals surface area contributed by atoms with E-state index in [0.29, 0.717) is 25.3 Å². The lowest BCUT2D eigenvalue weighted by Gasteiger charge is -2.27. The Morgan fingerprint density at radius 2 is 1.82 bits per heavy atom. The summed E-state index contributed by atoms with van der Waals surface area (Å²) in [6.45, 7) is 8.76. The van der Waals surface area contributed by atoms with Gasteiger partial charge in [-0.1, -0.05) is 54.1 Å². The highest BCUT2D eigenvalue weighted by molar-refractivity contribution is 5.93. The molecule has 0 unspecified atom stereocenters. The van der Waals surface area contributed by atoms with E-state index < -0.39 is 0 Å². The lowest BCUT2D eigenvalue weighted by atomic mass is 10.1. The van der Waals surface area contributed by atoms with Crippen LogP contribution in [0.25, 0.3) is 0 Å². The van der Waals surface area contributed by atoms with Crippen molar-refractivity contribution in [1.82, 2.24) is 9.80 Å². The molecule has 0 aliphatic carbocycles. The molecule has 1 aromatic heterocycles. The number of benzene rings is 2. The molecule has 1 N–H and O–H groups in total. The van der Waals surface area contributed by atoms with Crippen LogP contribution >= 0.6 is 0 Å². The topological polar surface area (TPSA) is 65.8 Å². The van der Waals surface area contributed by atoms with Gasteiger partial charge in [-0.3, -0.25) is 4.79 Å². The van der Waals surface area contributed by atoms with Crippen molar-refractivity contribution in [1.29, 1.82) is 0 Å². The van der Waals surface area contributed by atoms with Gasteiger partial charge >= 0.3 is 6.03 Å². The number of hydrogen-bond donors (Lipinski definition) is 1. The maximum absolute atomic E-state index is 13.3. The summed E-state index contributed by atoms with van der Waals surface area (Å²) in [5.74, 6) is 0.548. The second-order valence-electron chi connectivity index (χ2n) is 8.05. The summed E-state index contributed by atoms with van der Waals surface area (Å²) in [6.07, 6.45) is 3.93. The molecule has 3 amide bonds. The van der Waals surface area contributed by atoms with Gasteiger partial charge in [-0.2, -0.15) is 0 Å². The Bertz CT molecular complexity index is 1060. The second kappa shape index (κ2) is 11.7. The fraction of sp³-hybridized carbons (Fsp3) is 0.259. The van der Waals surface area contributed by atoms with E-state index in [1.54, 1.807) is 23.3 Å². The minimum atomic E-state index is -0.337. The van der Waals surface area contributed by atoms with Crippen molar-refractivity contribution in [2.45, 2.75) is 26.8 Å². The molecule has 172 valence electrons. The van der Waals surface area contributed by atoms with E-state index in [1.165, 1.54) is 4.90 Å². The predicted molar refractivity (Wildman–Crippen MR) is 131 cm³/mol. The molecule has 0 aliphatic rings. The smallest absolute Gasteiger partial charge is 0.322 e. The van der Waals surface area contributed by atoms with Crippen LogP contribution in [-0.2, 0) is 17.8 Å². The maximum atomic E-state index is 13.3. The molecule has 2 aromatic carbocycles. The largest absolute Gasteiger partial charge is 0.467 e. The molecule has 0 fully saturated rings. The van der Waals surface area contributed by atoms with Gasteiger partial charge in [-0.15, -0.1) is 6.58 Å². The molecule has 0 atom stereocenters. The quantitative estimate of drug-likeness (QED) is 0.437. The highest BCUT2D eigenvalue weighted by atomic mass is 16.3. The normalized spacial score (nSPS) is 10.5. The fourth-order valence-electron chi connectivity index (χ4n) is 3.58. The van der Waals surface area contributed by atoms with Crippen molar-refractivity contribution in [2.75, 3.05) is 25.0 Å². The number of rotatable bonds is 10. The summed E-state index contributed by atoms with van der Waals surface area (Å²) in [7, 11) is 0. The molecule has 0 saturated carbocycles. The number of carbonyl (C=O) groups excluding carboxylic acids is 2. The highest BCUT2D eigenvalue weighted by Crippen LogP contribution is 2.17. The van der Waals surface area contributed by atoms with Crippen LogP contribution in [0.15, 0.2) is 84.0 Å². The van der Waals surface area contributed by atoms with Crippen LogP contribution in [0, 0.1) is 13.8 Å². The molecule has 0 bridgehead atoms. The molecule has 0 aliphatic heterocycles. The van der Waals surface area contributed by atoms with Crippen LogP contribution in [0.1, 0.15) is 22.5 Å². The van der Waals surface area contributed by atoms with Crippen molar-refractivity contribution < 1.29 is 14.0 Å². The van der Waals surface area contributed by atoms with Gasteiger partial charge in [-0.25, -0.2) is 4.79 Å². The van der Waals surface area contributed by atoms with Crippen LogP contribution in [0.5, 0.6) is 0 Å². The summed E-state index contributed by atoms with van der Waals surface area (Å²) in [4.78, 5) is 29.4. The molecular weight excluding hydrogens is 414 g/mol. The number of amides is 3. The number of nitrogens with zero attached hydrogens (tertiary/aromatic N) is 2. The lowest BCUT2D eigenvalue weighted by molar-refractivity contribution is -0.132. The van der Waals surface area contributed by atoms with Gasteiger partial charge in [0.05, 0.1) is 12.8 Å². The number of hydrogen-bond acceptors (Lipinski definition) is 3. The average molecular weight is 446 g/mol. The van der Waals surface area contributed by atoms with Crippen LogP contribution in [0.2, 0.25) is 0 Å². The zero-order chi connectivity index (χ0) is 23.6. The molecular formula is C27H31N3O3. The first kappa shape index (κ1) is 23.9. The molecule has 0 radical (unpaired) electrons. The summed E-state index contributed by atoms with van der Waals surface area (Å²) < 4.78 is 5.46. The molecule has 0 saturated heterocycles. The minimum Gasteiger partial charge on any atom is -0.467 e. The van der Waals surface area contributed by atoms with Gasteiger partial charge in [-0.05, 0) is 49.6 Å². The first-order chi connectivity index (χ1) is 16.0. The predicted octanol–water partition coefficient (Wildman–Crippen LogP) is 5.19. The van der Waals surface area contributed by atoms with Gasteiger partial charge in [0.25, 0.3) is 0 Å². The van der Waals surface area contributed by atoms with E-state index in [4.69, 9.17) is 4.42 Å². The summed E-state index contributed by atoms with van der Waals surface area (Å²) in [6, 6.07) is 19.1. The van der Waals surface area contributed by atoms with E-state index in [9.17, 15) is 9.59 Å². The number of aryl methyl sites for hydroxylation is 2. The SMILES string of the molecule is C=CCN(CC(=O)N(CCc1ccccc1)Cc1ccco1)C(=O)Nc1ccc(C)cc1C. The van der Waals surface area contributed by atoms with Gasteiger partial charge in [0, 0.05) is 18.8 Å². The molecule has 0 spiro atoms. The molecule has 33 heavy (non-hydrogen) atoms. The van der Waals surface area contributed by atoms with E-state index >= 15 is 0 Å². The second-order valence-corrected chi connectivity index (χ2v) is 8.05. The molecule has 6 heteroatoms. The standard InChI is InChI=1S/C27H31N3O3/c1-4-15-30(27(32)28-25-13-12-21(2)18-22(25)3)20-26(31)29(19-24-11-8-17-33-24)16-14-23-9-6-5-7-10-23/h4-13,17-18H,1,14-16,19-20H2,2-3H3,(H,28,32). The van der Waals surface area contributed by atoms with Crippen molar-refractivity contribution in [3.05, 3.63) is 102 Å². The number of carbonyl (C=O) groups is 2. The van der Waals surface area contributed by atoms with Crippen LogP contribution in [0.4, 0.5) is 10.5 Å². The first-order valence-electron chi connectivity index (χ1n) is 11.0. The summed E-state index contributed by atoms with van der Waals surface area (Å²) in [5, 5.41) is 2.92. The molecule has 3 rings (SSSR count). The van der Waals surface area contributed by atoms with Crippen LogP contribution in [0.3, 0.4) is 0 Å². The molecule has 3 aromatic rings. The van der Waals surface area contributed by atoms with Crippen molar-refractivity contribution >= 4 is 17.6 Å². The number of anilines is 1. The highest BCUT2D eigenvalue weighted by Gasteiger charge is 2.22. The van der Waals surface area contributed by atoms with Gasteiger partial charge in [0.15, 0.2) is 0 Å². The Hall–Kier alpha value is -3.80. The zero-order valence-electron chi connectivity index (χ0n) is 19.3. The first-order valence-corrected chi connectivity index (χ1v) is 11.0. The van der Waals surface area contributed by atoms with Crippen molar-refractivity contribution in [3.8, 4) is 0 Å². The molecule has 1 heterocycles. The Morgan fingerprint density at radius 1 is 1.03 bits per heavy atom. The van der Waals surface area contributed by atoms with Crippen LogP contribution in [-0.4, -0.2) is 41.4 Å². The number of furan rings is 1. The van der Waals surface area contributed by atoms with Gasteiger partial charge in [0.2, 0.25) is 5.91 Å². The Balaban J connectivity index is 1.70.